The van der Waals surface area contributed by atoms with Gasteiger partial charge in [-0.3, -0.25) is 4.90 Å². The Kier molecular flexibility index (Phi) is 6.10. The molecule has 2 heterocycles. The number of aromatic nitrogens is 1. The lowest BCUT2D eigenvalue weighted by molar-refractivity contribution is 0.177. The van der Waals surface area contributed by atoms with Crippen molar-refractivity contribution in [2.75, 3.05) is 37.6 Å². The quantitative estimate of drug-likeness (QED) is 0.756. The molecule has 9 heteroatoms. The van der Waals surface area contributed by atoms with Crippen molar-refractivity contribution in [3.63, 3.8) is 0 Å². The minimum absolute atomic E-state index is 0.0776. The number of carboxylic acid groups (broad SMARTS) is 1. The molecule has 1 saturated heterocycles. The maximum atomic E-state index is 13.6. The molecule has 0 unspecified atom stereocenters. The first kappa shape index (κ1) is 20.2. The van der Waals surface area contributed by atoms with E-state index in [1.54, 1.807) is 6.07 Å². The van der Waals surface area contributed by atoms with Crippen LogP contribution < -0.4 is 10.2 Å². The lowest BCUT2D eigenvalue weighted by Gasteiger charge is -2.36. The molecule has 0 bridgehead atoms. The van der Waals surface area contributed by atoms with Crippen molar-refractivity contribution in [3.05, 3.63) is 23.0 Å². The Morgan fingerprint density at radius 3 is 2.66 bits per heavy atom. The van der Waals surface area contributed by atoms with Crippen LogP contribution in [0.25, 0.3) is 11.0 Å². The van der Waals surface area contributed by atoms with Gasteiger partial charge in [0.1, 0.15) is 5.82 Å². The largest absolute Gasteiger partial charge is 0.465 e. The maximum absolute atomic E-state index is 13.6. The molecular formula is C20H26ClFN4O3. The smallest absolute Gasteiger partial charge is 0.404 e. The highest BCUT2D eigenvalue weighted by Gasteiger charge is 2.25. The molecule has 2 fully saturated rings. The Balaban J connectivity index is 1.24. The molecule has 0 radical (unpaired) electrons. The summed E-state index contributed by atoms with van der Waals surface area (Å²) < 4.78 is 18.9. The van der Waals surface area contributed by atoms with Gasteiger partial charge in [-0.15, -0.1) is 0 Å². The minimum Gasteiger partial charge on any atom is -0.465 e. The van der Waals surface area contributed by atoms with Crippen molar-refractivity contribution in [2.45, 2.75) is 38.1 Å². The van der Waals surface area contributed by atoms with Crippen molar-refractivity contribution >= 4 is 34.5 Å². The van der Waals surface area contributed by atoms with Crippen LogP contribution in [0, 0.1) is 11.7 Å². The molecule has 1 aliphatic carbocycles. The van der Waals surface area contributed by atoms with Gasteiger partial charge < -0.3 is 19.8 Å². The lowest BCUT2D eigenvalue weighted by atomic mass is 9.84. The first-order valence-corrected chi connectivity index (χ1v) is 10.6. The molecule has 29 heavy (non-hydrogen) atoms. The summed E-state index contributed by atoms with van der Waals surface area (Å²) in [6, 6.07) is 2.98. The van der Waals surface area contributed by atoms with Crippen LogP contribution in [0.4, 0.5) is 15.0 Å². The Hall–Kier alpha value is -2.06. The van der Waals surface area contributed by atoms with Crippen molar-refractivity contribution in [1.82, 2.24) is 15.4 Å². The van der Waals surface area contributed by atoms with Crippen molar-refractivity contribution < 1.29 is 18.8 Å². The third-order valence-electron chi connectivity index (χ3n) is 6.19. The highest BCUT2D eigenvalue weighted by atomic mass is 35.5. The van der Waals surface area contributed by atoms with Crippen molar-refractivity contribution in [2.24, 2.45) is 5.92 Å². The van der Waals surface area contributed by atoms with Crippen LogP contribution >= 0.6 is 11.6 Å². The predicted octanol–water partition coefficient (Wildman–Crippen LogP) is 3.96. The highest BCUT2D eigenvalue weighted by molar-refractivity contribution is 6.31. The molecule has 158 valence electrons. The fourth-order valence-corrected chi connectivity index (χ4v) is 4.63. The summed E-state index contributed by atoms with van der Waals surface area (Å²) in [5.74, 6) is 0.904. The second-order valence-corrected chi connectivity index (χ2v) is 8.46. The second kappa shape index (κ2) is 8.75. The zero-order valence-electron chi connectivity index (χ0n) is 16.2. The number of carbonyl (C=O) groups is 1. The zero-order valence-corrected chi connectivity index (χ0v) is 17.0. The molecule has 2 aliphatic rings. The van der Waals surface area contributed by atoms with E-state index in [-0.39, 0.29) is 11.1 Å². The standard InChI is InChI=1S/C20H26ClFN4O3/c21-16-11-15-18(12-17(16)22)29-24-19(15)26-9-7-25(8-10-26)6-5-13-1-3-14(4-2-13)23-20(27)28/h11-14,23H,1-10H2,(H,27,28). The summed E-state index contributed by atoms with van der Waals surface area (Å²) >= 11 is 5.92. The number of rotatable bonds is 5. The molecule has 1 aliphatic heterocycles. The van der Waals surface area contributed by atoms with Gasteiger partial charge in [0.2, 0.25) is 0 Å². The number of piperazine rings is 1. The Bertz CT molecular complexity index is 861. The van der Waals surface area contributed by atoms with E-state index >= 15 is 0 Å². The van der Waals surface area contributed by atoms with Gasteiger partial charge in [0.15, 0.2) is 11.4 Å². The summed E-state index contributed by atoms with van der Waals surface area (Å²) in [5.41, 5.74) is 0.414. The third-order valence-corrected chi connectivity index (χ3v) is 6.48. The van der Waals surface area contributed by atoms with Gasteiger partial charge in [-0.2, -0.15) is 0 Å². The third kappa shape index (κ3) is 4.75. The molecule has 1 aromatic carbocycles. The van der Waals surface area contributed by atoms with Crippen LogP contribution in [0.15, 0.2) is 16.7 Å². The van der Waals surface area contributed by atoms with Crippen LogP contribution in [-0.4, -0.2) is 60.0 Å². The van der Waals surface area contributed by atoms with E-state index in [0.29, 0.717) is 11.5 Å². The molecule has 2 N–H and O–H groups in total. The summed E-state index contributed by atoms with van der Waals surface area (Å²) in [6.07, 6.45) is 4.29. The fourth-order valence-electron chi connectivity index (χ4n) is 4.47. The monoisotopic (exact) mass is 424 g/mol. The van der Waals surface area contributed by atoms with E-state index in [2.05, 4.69) is 20.3 Å². The number of halogens is 2. The van der Waals surface area contributed by atoms with E-state index in [9.17, 15) is 9.18 Å². The Morgan fingerprint density at radius 1 is 1.24 bits per heavy atom. The summed E-state index contributed by atoms with van der Waals surface area (Å²) in [5, 5.41) is 16.4. The number of amides is 1. The van der Waals surface area contributed by atoms with Gasteiger partial charge in [0, 0.05) is 38.3 Å². The zero-order chi connectivity index (χ0) is 20.4. The van der Waals surface area contributed by atoms with E-state index in [1.807, 2.05) is 0 Å². The molecule has 0 spiro atoms. The molecule has 2 aromatic rings. The van der Waals surface area contributed by atoms with Gasteiger partial charge in [-0.1, -0.05) is 16.8 Å². The number of nitrogens with zero attached hydrogens (tertiary/aromatic N) is 3. The van der Waals surface area contributed by atoms with E-state index in [0.717, 1.165) is 76.0 Å². The molecule has 0 atom stereocenters. The van der Waals surface area contributed by atoms with E-state index in [4.69, 9.17) is 21.2 Å². The topological polar surface area (TPSA) is 81.8 Å². The Labute approximate surface area is 173 Å². The highest BCUT2D eigenvalue weighted by Crippen LogP contribution is 2.31. The summed E-state index contributed by atoms with van der Waals surface area (Å²) in [4.78, 5) is 15.4. The number of anilines is 1. The maximum Gasteiger partial charge on any atom is 0.404 e. The first-order valence-electron chi connectivity index (χ1n) is 10.2. The van der Waals surface area contributed by atoms with Gasteiger partial charge in [0.05, 0.1) is 10.4 Å². The average Bonchev–Trinajstić information content (AvgIpc) is 3.10. The second-order valence-electron chi connectivity index (χ2n) is 8.05. The van der Waals surface area contributed by atoms with Gasteiger partial charge in [-0.25, -0.2) is 9.18 Å². The van der Waals surface area contributed by atoms with E-state index in [1.165, 1.54) is 6.07 Å². The first-order chi connectivity index (χ1) is 14.0. The van der Waals surface area contributed by atoms with Crippen LogP contribution in [0.2, 0.25) is 5.02 Å². The molecular weight excluding hydrogens is 399 g/mol. The van der Waals surface area contributed by atoms with Crippen LogP contribution in [0.1, 0.15) is 32.1 Å². The lowest BCUT2D eigenvalue weighted by Crippen LogP contribution is -2.47. The average molecular weight is 425 g/mol. The van der Waals surface area contributed by atoms with Gasteiger partial charge in [-0.05, 0) is 50.6 Å². The molecule has 7 nitrogen and oxygen atoms in total. The molecule has 4 rings (SSSR count). The van der Waals surface area contributed by atoms with Crippen LogP contribution in [0.3, 0.4) is 0 Å². The number of fused-ring (bicyclic) bond motifs is 1. The summed E-state index contributed by atoms with van der Waals surface area (Å²) in [7, 11) is 0. The van der Waals surface area contributed by atoms with Crippen LogP contribution in [-0.2, 0) is 0 Å². The number of benzene rings is 1. The van der Waals surface area contributed by atoms with Crippen molar-refractivity contribution in [3.8, 4) is 0 Å². The minimum atomic E-state index is -0.918. The predicted molar refractivity (Wildman–Crippen MR) is 109 cm³/mol. The SMILES string of the molecule is O=C(O)NC1CCC(CCN2CCN(c3noc4cc(F)c(Cl)cc34)CC2)CC1. The van der Waals surface area contributed by atoms with E-state index < -0.39 is 11.9 Å². The molecule has 1 aromatic heterocycles. The number of hydrogen-bond acceptors (Lipinski definition) is 5. The molecule has 1 saturated carbocycles. The number of nitrogens with one attached hydrogen (secondary N) is 1. The van der Waals surface area contributed by atoms with Gasteiger partial charge in [0.25, 0.3) is 0 Å². The normalized spacial score (nSPS) is 23.4. The van der Waals surface area contributed by atoms with Crippen LogP contribution in [0.5, 0.6) is 0 Å². The van der Waals surface area contributed by atoms with Crippen molar-refractivity contribution in [1.29, 1.82) is 0 Å². The molecule has 1 amide bonds. The Morgan fingerprint density at radius 2 is 1.97 bits per heavy atom. The summed E-state index contributed by atoms with van der Waals surface area (Å²) in [6.45, 7) is 4.63. The number of hydrogen-bond donors (Lipinski definition) is 2. The fraction of sp³-hybridized carbons (Fsp3) is 0.600. The van der Waals surface area contributed by atoms with Gasteiger partial charge >= 0.3 is 6.09 Å².